The lowest BCUT2D eigenvalue weighted by molar-refractivity contribution is -0.152. The van der Waals surface area contributed by atoms with E-state index in [-0.39, 0.29) is 5.41 Å². The molecule has 0 saturated heterocycles. The van der Waals surface area contributed by atoms with Crippen molar-refractivity contribution in [3.63, 3.8) is 0 Å². The third-order valence-electron chi connectivity index (χ3n) is 3.44. The Kier molecular flexibility index (Phi) is 2.41. The van der Waals surface area contributed by atoms with Crippen molar-refractivity contribution < 1.29 is 8.42 Å². The van der Waals surface area contributed by atoms with Gasteiger partial charge >= 0.3 is 0 Å². The summed E-state index contributed by atoms with van der Waals surface area (Å²) in [5.74, 6) is 0. The molecule has 0 amide bonds. The van der Waals surface area contributed by atoms with Gasteiger partial charge in [-0.05, 0) is 24.7 Å². The van der Waals surface area contributed by atoms with E-state index in [1.807, 2.05) is 0 Å². The normalized spacial score (nSPS) is 38.7. The first kappa shape index (κ1) is 11.4. The first-order valence-electron chi connectivity index (χ1n) is 5.47. The zero-order valence-corrected chi connectivity index (χ0v) is 10.4. The van der Waals surface area contributed by atoms with Crippen LogP contribution in [0.5, 0.6) is 0 Å². The molecule has 2 bridgehead atoms. The molecule has 5 heteroatoms. The Morgan fingerprint density at radius 3 is 2.20 bits per heavy atom. The summed E-state index contributed by atoms with van der Waals surface area (Å²) in [7, 11) is -3.02. The van der Waals surface area contributed by atoms with Gasteiger partial charge in [-0.3, -0.25) is 0 Å². The van der Waals surface area contributed by atoms with Crippen LogP contribution in [-0.4, -0.2) is 32.8 Å². The van der Waals surface area contributed by atoms with Crippen LogP contribution in [-0.2, 0) is 10.0 Å². The van der Waals surface area contributed by atoms with E-state index in [1.54, 1.807) is 0 Å². The highest BCUT2D eigenvalue weighted by Crippen LogP contribution is 2.66. The highest BCUT2D eigenvalue weighted by Gasteiger charge is 2.67. The Morgan fingerprint density at radius 2 is 1.80 bits per heavy atom. The molecule has 3 saturated carbocycles. The topological polar surface area (TPSA) is 58.2 Å². The predicted molar refractivity (Wildman–Crippen MR) is 60.1 cm³/mol. The molecule has 0 aromatic rings. The Labute approximate surface area is 91.9 Å². The Morgan fingerprint density at radius 1 is 1.27 bits per heavy atom. The van der Waals surface area contributed by atoms with Crippen LogP contribution in [0.1, 0.15) is 33.1 Å². The van der Waals surface area contributed by atoms with E-state index in [0.717, 1.165) is 19.3 Å². The van der Waals surface area contributed by atoms with Crippen molar-refractivity contribution in [3.8, 4) is 0 Å². The molecule has 3 rings (SSSR count). The van der Waals surface area contributed by atoms with Gasteiger partial charge in [-0.2, -0.15) is 0 Å². The molecule has 2 N–H and O–H groups in total. The first-order chi connectivity index (χ1) is 6.74. The minimum absolute atomic E-state index is 0.269. The molecule has 0 unspecified atom stereocenters. The Balaban J connectivity index is 1.78. The molecular formula is C10H20N2O2S. The maximum absolute atomic E-state index is 11.0. The van der Waals surface area contributed by atoms with Gasteiger partial charge in [0.15, 0.2) is 0 Å². The summed E-state index contributed by atoms with van der Waals surface area (Å²) in [4.78, 5) is 0. The largest absolute Gasteiger partial charge is 0.309 e. The van der Waals surface area contributed by atoms with E-state index < -0.39 is 10.0 Å². The zero-order chi connectivity index (χ0) is 11.3. The molecule has 0 heterocycles. The van der Waals surface area contributed by atoms with Crippen LogP contribution in [0.3, 0.4) is 0 Å². The van der Waals surface area contributed by atoms with Gasteiger partial charge in [0.05, 0.1) is 6.26 Å². The molecule has 0 aromatic carbocycles. The van der Waals surface area contributed by atoms with Gasteiger partial charge in [-0.15, -0.1) is 0 Å². The van der Waals surface area contributed by atoms with Crippen LogP contribution >= 0.6 is 0 Å². The summed E-state index contributed by atoms with van der Waals surface area (Å²) in [6, 6.07) is 0.520. The number of hydrogen-bond donors (Lipinski definition) is 2. The van der Waals surface area contributed by atoms with Crippen LogP contribution in [0.15, 0.2) is 0 Å². The van der Waals surface area contributed by atoms with Crippen molar-refractivity contribution in [1.29, 1.82) is 0 Å². The van der Waals surface area contributed by atoms with Gasteiger partial charge in [0.2, 0.25) is 10.0 Å². The van der Waals surface area contributed by atoms with Crippen LogP contribution in [0.25, 0.3) is 0 Å². The molecule has 0 atom stereocenters. The van der Waals surface area contributed by atoms with Gasteiger partial charge in [0.25, 0.3) is 0 Å². The number of hydrogen-bond acceptors (Lipinski definition) is 3. The van der Waals surface area contributed by atoms with Crippen molar-refractivity contribution in [2.24, 2.45) is 5.41 Å². The van der Waals surface area contributed by atoms with Crippen molar-refractivity contribution in [2.75, 3.05) is 12.8 Å². The zero-order valence-electron chi connectivity index (χ0n) is 9.63. The van der Waals surface area contributed by atoms with Gasteiger partial charge < -0.3 is 5.32 Å². The maximum Gasteiger partial charge on any atom is 0.208 e. The molecule has 3 aliphatic rings. The smallest absolute Gasteiger partial charge is 0.208 e. The predicted octanol–water partition coefficient (Wildman–Crippen LogP) is 0.456. The molecule has 0 radical (unpaired) electrons. The third-order valence-corrected chi connectivity index (χ3v) is 4.11. The lowest BCUT2D eigenvalue weighted by atomic mass is 9.39. The average molecular weight is 232 g/mol. The van der Waals surface area contributed by atoms with Crippen molar-refractivity contribution in [1.82, 2.24) is 10.0 Å². The van der Waals surface area contributed by atoms with E-state index in [4.69, 9.17) is 0 Å². The second-order valence-corrected chi connectivity index (χ2v) is 7.54. The summed E-state index contributed by atoms with van der Waals surface area (Å²) in [6.45, 7) is 4.93. The van der Waals surface area contributed by atoms with E-state index in [9.17, 15) is 8.42 Å². The van der Waals surface area contributed by atoms with Crippen LogP contribution in [0, 0.1) is 5.41 Å². The minimum Gasteiger partial charge on any atom is -0.309 e. The molecule has 0 aliphatic heterocycles. The quantitative estimate of drug-likeness (QED) is 0.724. The summed E-state index contributed by atoms with van der Waals surface area (Å²) < 4.78 is 24.5. The summed E-state index contributed by atoms with van der Waals surface area (Å²) in [5, 5.41) is 3.57. The first-order valence-corrected chi connectivity index (χ1v) is 7.36. The van der Waals surface area contributed by atoms with Gasteiger partial charge in [-0.25, -0.2) is 13.1 Å². The number of rotatable bonds is 5. The summed E-state index contributed by atoms with van der Waals surface area (Å²) in [6.07, 6.45) is 4.60. The van der Waals surface area contributed by atoms with Crippen LogP contribution in [0.2, 0.25) is 0 Å². The second-order valence-electron chi connectivity index (χ2n) is 5.70. The molecule has 0 aromatic heterocycles. The van der Waals surface area contributed by atoms with Crippen LogP contribution in [0.4, 0.5) is 0 Å². The molecule has 3 fully saturated rings. The third kappa shape index (κ3) is 2.19. The Hall–Kier alpha value is -0.130. The van der Waals surface area contributed by atoms with Crippen molar-refractivity contribution in [2.45, 2.75) is 44.7 Å². The molecular weight excluding hydrogens is 212 g/mol. The highest BCUT2D eigenvalue weighted by molar-refractivity contribution is 7.88. The Bertz CT molecular complexity index is 342. The van der Waals surface area contributed by atoms with Crippen LogP contribution < -0.4 is 10.0 Å². The lowest BCUT2D eigenvalue weighted by Crippen LogP contribution is -2.76. The second kappa shape index (κ2) is 3.18. The minimum atomic E-state index is -3.02. The van der Waals surface area contributed by atoms with E-state index >= 15 is 0 Å². The SMILES string of the molecule is CC(C)NC12CC(CNS(C)(=O)=O)(C1)C2. The molecule has 3 aliphatic carbocycles. The summed E-state index contributed by atoms with van der Waals surface area (Å²) >= 11 is 0. The van der Waals surface area contributed by atoms with Gasteiger partial charge in [-0.1, -0.05) is 13.8 Å². The van der Waals surface area contributed by atoms with E-state index in [2.05, 4.69) is 23.9 Å². The van der Waals surface area contributed by atoms with Gasteiger partial charge in [0, 0.05) is 18.1 Å². The average Bonchev–Trinajstić information content (AvgIpc) is 1.88. The maximum atomic E-state index is 11.0. The number of sulfonamides is 1. The van der Waals surface area contributed by atoms with Crippen molar-refractivity contribution >= 4 is 10.0 Å². The number of nitrogens with one attached hydrogen (secondary N) is 2. The monoisotopic (exact) mass is 232 g/mol. The van der Waals surface area contributed by atoms with Gasteiger partial charge in [0.1, 0.15) is 0 Å². The fourth-order valence-corrected chi connectivity index (χ4v) is 3.80. The highest BCUT2D eigenvalue weighted by atomic mass is 32.2. The molecule has 15 heavy (non-hydrogen) atoms. The lowest BCUT2D eigenvalue weighted by Gasteiger charge is -2.71. The standard InChI is InChI=1S/C10H20N2O2S/c1-8(2)12-10-4-9(5-10,6-10)7-11-15(3,13)14/h8,11-12H,4-7H2,1-3H3. The molecule has 4 nitrogen and oxygen atoms in total. The summed E-state index contributed by atoms with van der Waals surface area (Å²) in [5.41, 5.74) is 0.609. The van der Waals surface area contributed by atoms with Crippen molar-refractivity contribution in [3.05, 3.63) is 0 Å². The molecule has 0 spiro atoms. The molecule has 88 valence electrons. The van der Waals surface area contributed by atoms with E-state index in [1.165, 1.54) is 6.26 Å². The fourth-order valence-electron chi connectivity index (χ4n) is 3.24. The fraction of sp³-hybridized carbons (Fsp3) is 1.00. The van der Waals surface area contributed by atoms with E-state index in [0.29, 0.717) is 18.1 Å².